The first-order chi connectivity index (χ1) is 12.2. The molecule has 1 aliphatic carbocycles. The molecule has 0 spiro atoms. The molecular formula is C18H24N6O. The van der Waals surface area contributed by atoms with Crippen LogP contribution < -0.4 is 15.4 Å². The molecule has 2 aromatic heterocycles. The van der Waals surface area contributed by atoms with Crippen molar-refractivity contribution in [3.8, 4) is 0 Å². The average Bonchev–Trinajstić information content (AvgIpc) is 2.61. The van der Waals surface area contributed by atoms with Crippen LogP contribution in [-0.4, -0.2) is 45.9 Å². The van der Waals surface area contributed by atoms with E-state index in [9.17, 15) is 4.79 Å². The number of aryl methyl sites for hydroxylation is 1. The van der Waals surface area contributed by atoms with Gasteiger partial charge in [-0.3, -0.25) is 4.79 Å². The molecule has 0 atom stereocenters. The molecule has 0 bridgehead atoms. The Hall–Kier alpha value is -2.44. The zero-order chi connectivity index (χ0) is 17.2. The third-order valence-electron chi connectivity index (χ3n) is 5.28. The first-order valence-electron chi connectivity index (χ1n) is 9.14. The van der Waals surface area contributed by atoms with Crippen molar-refractivity contribution in [1.29, 1.82) is 0 Å². The van der Waals surface area contributed by atoms with Crippen molar-refractivity contribution >= 4 is 11.6 Å². The summed E-state index contributed by atoms with van der Waals surface area (Å²) in [7, 11) is 0. The van der Waals surface area contributed by atoms with Crippen molar-refractivity contribution in [1.82, 2.24) is 19.7 Å². The van der Waals surface area contributed by atoms with Crippen molar-refractivity contribution in [2.24, 2.45) is 0 Å². The lowest BCUT2D eigenvalue weighted by molar-refractivity contribution is 0.410. The fourth-order valence-corrected chi connectivity index (χ4v) is 3.46. The number of aromatic nitrogens is 4. The number of hydrogen-bond acceptors (Lipinski definition) is 6. The standard InChI is InChI=1S/C18H24N6O/c1-2-24-18(25)7-6-16(21-24)22-8-10-23(11-9-22)17-12-15(19-13-20-17)14-4-3-5-14/h6-7,12-14H,2-5,8-11H2,1H3. The van der Waals surface area contributed by atoms with Gasteiger partial charge in [0.25, 0.3) is 5.56 Å². The van der Waals surface area contributed by atoms with Crippen LogP contribution in [0.5, 0.6) is 0 Å². The molecule has 2 aromatic rings. The normalized spacial score (nSPS) is 18.3. The monoisotopic (exact) mass is 340 g/mol. The van der Waals surface area contributed by atoms with Gasteiger partial charge in [0.05, 0.1) is 0 Å². The molecule has 0 N–H and O–H groups in total. The highest BCUT2D eigenvalue weighted by molar-refractivity contribution is 5.45. The minimum Gasteiger partial charge on any atom is -0.353 e. The summed E-state index contributed by atoms with van der Waals surface area (Å²) in [6.45, 7) is 6.07. The first-order valence-corrected chi connectivity index (χ1v) is 9.14. The van der Waals surface area contributed by atoms with E-state index in [0.717, 1.165) is 37.8 Å². The van der Waals surface area contributed by atoms with Gasteiger partial charge in [-0.05, 0) is 25.8 Å². The predicted octanol–water partition coefficient (Wildman–Crippen LogP) is 1.65. The molecule has 0 aromatic carbocycles. The average molecular weight is 340 g/mol. The Balaban J connectivity index is 1.44. The molecule has 0 unspecified atom stereocenters. The van der Waals surface area contributed by atoms with Crippen molar-refractivity contribution < 1.29 is 0 Å². The van der Waals surface area contributed by atoms with Gasteiger partial charge < -0.3 is 9.80 Å². The lowest BCUT2D eigenvalue weighted by Gasteiger charge is -2.36. The van der Waals surface area contributed by atoms with E-state index in [1.165, 1.54) is 29.6 Å². The van der Waals surface area contributed by atoms with Gasteiger partial charge in [-0.1, -0.05) is 6.42 Å². The molecule has 0 radical (unpaired) electrons. The van der Waals surface area contributed by atoms with Crippen LogP contribution >= 0.6 is 0 Å². The fourth-order valence-electron chi connectivity index (χ4n) is 3.46. The minimum absolute atomic E-state index is 0.0469. The highest BCUT2D eigenvalue weighted by Crippen LogP contribution is 2.35. The third kappa shape index (κ3) is 3.23. The second kappa shape index (κ2) is 6.82. The molecule has 2 aliphatic rings. The quantitative estimate of drug-likeness (QED) is 0.843. The second-order valence-corrected chi connectivity index (χ2v) is 6.75. The van der Waals surface area contributed by atoms with Gasteiger partial charge in [0.1, 0.15) is 18.0 Å². The summed E-state index contributed by atoms with van der Waals surface area (Å²) in [4.78, 5) is 25.2. The highest BCUT2D eigenvalue weighted by atomic mass is 16.1. The molecule has 3 heterocycles. The summed E-state index contributed by atoms with van der Waals surface area (Å²) in [6, 6.07) is 5.59. The number of anilines is 2. The number of hydrogen-bond donors (Lipinski definition) is 0. The summed E-state index contributed by atoms with van der Waals surface area (Å²) < 4.78 is 1.51. The van der Waals surface area contributed by atoms with Crippen molar-refractivity contribution in [3.63, 3.8) is 0 Å². The molecule has 0 amide bonds. The fraction of sp³-hybridized carbons (Fsp3) is 0.556. The van der Waals surface area contributed by atoms with E-state index in [0.29, 0.717) is 12.5 Å². The molecule has 4 rings (SSSR count). The summed E-state index contributed by atoms with van der Waals surface area (Å²) in [6.07, 6.45) is 5.52. The predicted molar refractivity (Wildman–Crippen MR) is 97.2 cm³/mol. The van der Waals surface area contributed by atoms with Crippen molar-refractivity contribution in [2.45, 2.75) is 38.6 Å². The summed E-state index contributed by atoms with van der Waals surface area (Å²) in [5.41, 5.74) is 1.14. The summed E-state index contributed by atoms with van der Waals surface area (Å²) >= 11 is 0. The summed E-state index contributed by atoms with van der Waals surface area (Å²) in [5.74, 6) is 2.53. The van der Waals surface area contributed by atoms with Gasteiger partial charge >= 0.3 is 0 Å². The van der Waals surface area contributed by atoms with Crippen LogP contribution in [0.15, 0.2) is 29.3 Å². The molecule has 2 fully saturated rings. The maximum atomic E-state index is 11.7. The molecule has 7 heteroatoms. The van der Waals surface area contributed by atoms with Crippen LogP contribution in [-0.2, 0) is 6.54 Å². The van der Waals surface area contributed by atoms with E-state index >= 15 is 0 Å². The van der Waals surface area contributed by atoms with Crippen LogP contribution in [0.2, 0.25) is 0 Å². The minimum atomic E-state index is -0.0469. The van der Waals surface area contributed by atoms with Crippen molar-refractivity contribution in [3.05, 3.63) is 40.6 Å². The van der Waals surface area contributed by atoms with Gasteiger partial charge in [0.15, 0.2) is 0 Å². The number of rotatable bonds is 4. The van der Waals surface area contributed by atoms with Crippen LogP contribution in [0.1, 0.15) is 37.8 Å². The van der Waals surface area contributed by atoms with Crippen LogP contribution in [0.25, 0.3) is 0 Å². The molecule has 1 aliphatic heterocycles. The zero-order valence-corrected chi connectivity index (χ0v) is 14.6. The van der Waals surface area contributed by atoms with Crippen LogP contribution in [0.4, 0.5) is 11.6 Å². The Kier molecular flexibility index (Phi) is 4.38. The van der Waals surface area contributed by atoms with Crippen molar-refractivity contribution in [2.75, 3.05) is 36.0 Å². The largest absolute Gasteiger partial charge is 0.353 e. The van der Waals surface area contributed by atoms with E-state index < -0.39 is 0 Å². The van der Waals surface area contributed by atoms with Crippen LogP contribution in [0.3, 0.4) is 0 Å². The van der Waals surface area contributed by atoms with Gasteiger partial charge in [-0.2, -0.15) is 5.10 Å². The summed E-state index contributed by atoms with van der Waals surface area (Å²) in [5, 5.41) is 4.45. The van der Waals surface area contributed by atoms with E-state index in [-0.39, 0.29) is 5.56 Å². The lowest BCUT2D eigenvalue weighted by atomic mass is 9.83. The van der Waals surface area contributed by atoms with E-state index in [1.54, 1.807) is 12.4 Å². The maximum Gasteiger partial charge on any atom is 0.266 e. The molecule has 25 heavy (non-hydrogen) atoms. The molecule has 1 saturated carbocycles. The Bertz CT molecular complexity index is 792. The van der Waals surface area contributed by atoms with E-state index in [4.69, 9.17) is 0 Å². The maximum absolute atomic E-state index is 11.7. The Labute approximate surface area is 147 Å². The van der Waals surface area contributed by atoms with Gasteiger partial charge in [-0.15, -0.1) is 0 Å². The molecular weight excluding hydrogens is 316 g/mol. The second-order valence-electron chi connectivity index (χ2n) is 6.75. The topological polar surface area (TPSA) is 67.2 Å². The van der Waals surface area contributed by atoms with E-state index in [1.807, 2.05) is 13.0 Å². The zero-order valence-electron chi connectivity index (χ0n) is 14.6. The molecule has 1 saturated heterocycles. The number of nitrogens with zero attached hydrogens (tertiary/aromatic N) is 6. The Morgan fingerprint density at radius 3 is 2.40 bits per heavy atom. The SMILES string of the molecule is CCn1nc(N2CCN(c3cc(C4CCC4)ncn3)CC2)ccc1=O. The van der Waals surface area contributed by atoms with E-state index in [2.05, 4.69) is 30.9 Å². The Morgan fingerprint density at radius 2 is 1.76 bits per heavy atom. The third-order valence-corrected chi connectivity index (χ3v) is 5.28. The Morgan fingerprint density at radius 1 is 1.04 bits per heavy atom. The van der Waals surface area contributed by atoms with Crippen LogP contribution in [0, 0.1) is 0 Å². The smallest absolute Gasteiger partial charge is 0.266 e. The van der Waals surface area contributed by atoms with Gasteiger partial charge in [-0.25, -0.2) is 14.6 Å². The lowest BCUT2D eigenvalue weighted by Crippen LogP contribution is -2.47. The molecule has 132 valence electrons. The number of piperazine rings is 1. The first kappa shape index (κ1) is 16.1. The van der Waals surface area contributed by atoms with Gasteiger partial charge in [0.2, 0.25) is 0 Å². The van der Waals surface area contributed by atoms with Gasteiger partial charge in [0, 0.05) is 56.5 Å². The molecule has 7 nitrogen and oxygen atoms in total. The highest BCUT2D eigenvalue weighted by Gasteiger charge is 2.24.